The van der Waals surface area contributed by atoms with Crippen LogP contribution in [0.1, 0.15) is 56.0 Å². The Balaban J connectivity index is 1.20. The first-order chi connectivity index (χ1) is 13.8. The van der Waals surface area contributed by atoms with Gasteiger partial charge in [0, 0.05) is 6.04 Å². The summed E-state index contributed by atoms with van der Waals surface area (Å²) in [4.78, 5) is 36.0. The van der Waals surface area contributed by atoms with Crippen LogP contribution >= 0.6 is 15.9 Å². The highest BCUT2D eigenvalue weighted by atomic mass is 79.9. The van der Waals surface area contributed by atoms with Gasteiger partial charge in [-0.3, -0.25) is 14.4 Å². The van der Waals surface area contributed by atoms with Crippen molar-refractivity contribution in [3.05, 3.63) is 22.6 Å². The molecular formula is C21H27BrN2O5. The Labute approximate surface area is 178 Å². The standard InChI is InChI=1S/C21H27BrN2O5/c1-12(21-7-13-4-14(8-21)6-15(5-13)9-21)24-18(25)11-28-19(26)10-23-20(27)16-2-3-17(22)29-16/h2-3,12-15H,4-11H2,1H3,(H,23,27)(H,24,25)/t12-,13?,14?,15?,21?/m0/s1. The summed E-state index contributed by atoms with van der Waals surface area (Å²) in [7, 11) is 0. The molecule has 1 aromatic heterocycles. The fraction of sp³-hybridized carbons (Fsp3) is 0.667. The summed E-state index contributed by atoms with van der Waals surface area (Å²) in [6.45, 7) is 1.43. The second-order valence-electron chi connectivity index (χ2n) is 9.02. The predicted molar refractivity (Wildman–Crippen MR) is 108 cm³/mol. The van der Waals surface area contributed by atoms with Crippen LogP contribution in [0, 0.1) is 23.2 Å². The van der Waals surface area contributed by atoms with Crippen LogP contribution in [0.2, 0.25) is 0 Å². The minimum absolute atomic E-state index is 0.0826. The van der Waals surface area contributed by atoms with Gasteiger partial charge in [-0.05, 0) is 96.7 Å². The molecule has 2 amide bonds. The van der Waals surface area contributed by atoms with Crippen LogP contribution in [-0.2, 0) is 14.3 Å². The van der Waals surface area contributed by atoms with Gasteiger partial charge in [-0.15, -0.1) is 0 Å². The highest BCUT2D eigenvalue weighted by molar-refractivity contribution is 9.10. The van der Waals surface area contributed by atoms with E-state index in [1.165, 1.54) is 44.6 Å². The Bertz CT molecular complexity index is 769. The molecule has 2 N–H and O–H groups in total. The molecule has 0 saturated heterocycles. The Kier molecular flexibility index (Phi) is 5.73. The van der Waals surface area contributed by atoms with E-state index in [1.807, 2.05) is 0 Å². The van der Waals surface area contributed by atoms with Crippen molar-refractivity contribution >= 4 is 33.7 Å². The number of carbonyl (C=O) groups excluding carboxylic acids is 3. The lowest BCUT2D eigenvalue weighted by Crippen LogP contribution is -2.56. The molecule has 4 bridgehead atoms. The third kappa shape index (κ3) is 4.52. The molecule has 4 saturated carbocycles. The van der Waals surface area contributed by atoms with Gasteiger partial charge in [0.25, 0.3) is 11.8 Å². The van der Waals surface area contributed by atoms with Gasteiger partial charge in [0.15, 0.2) is 17.0 Å². The number of halogens is 1. The summed E-state index contributed by atoms with van der Waals surface area (Å²) < 4.78 is 10.5. The van der Waals surface area contributed by atoms with Crippen molar-refractivity contribution in [2.24, 2.45) is 23.2 Å². The fourth-order valence-corrected chi connectivity index (χ4v) is 6.32. The summed E-state index contributed by atoms with van der Waals surface area (Å²) in [5.74, 6) is 1.06. The van der Waals surface area contributed by atoms with E-state index in [9.17, 15) is 14.4 Å². The maximum Gasteiger partial charge on any atom is 0.325 e. The molecule has 29 heavy (non-hydrogen) atoms. The molecular weight excluding hydrogens is 440 g/mol. The Hall–Kier alpha value is -1.83. The summed E-state index contributed by atoms with van der Waals surface area (Å²) in [6, 6.07) is 3.16. The van der Waals surface area contributed by atoms with Crippen LogP contribution in [0.15, 0.2) is 21.2 Å². The zero-order chi connectivity index (χ0) is 20.6. The molecule has 0 spiro atoms. The molecule has 0 radical (unpaired) electrons. The number of hydrogen-bond acceptors (Lipinski definition) is 5. The highest BCUT2D eigenvalue weighted by Gasteiger charge is 2.53. The third-order valence-corrected chi connectivity index (χ3v) is 7.36. The van der Waals surface area contributed by atoms with E-state index in [4.69, 9.17) is 9.15 Å². The van der Waals surface area contributed by atoms with Gasteiger partial charge in [0.1, 0.15) is 6.54 Å². The Morgan fingerprint density at radius 2 is 1.79 bits per heavy atom. The molecule has 4 aliphatic carbocycles. The zero-order valence-electron chi connectivity index (χ0n) is 16.5. The largest absolute Gasteiger partial charge is 0.454 e. The normalized spacial score (nSPS) is 30.6. The van der Waals surface area contributed by atoms with Gasteiger partial charge in [-0.2, -0.15) is 0 Å². The lowest BCUT2D eigenvalue weighted by Gasteiger charge is -2.59. The molecule has 7 nitrogen and oxygen atoms in total. The quantitative estimate of drug-likeness (QED) is 0.601. The van der Waals surface area contributed by atoms with Crippen LogP contribution in [0.25, 0.3) is 0 Å². The second-order valence-corrected chi connectivity index (χ2v) is 9.80. The van der Waals surface area contributed by atoms with Crippen molar-refractivity contribution in [3.8, 4) is 0 Å². The summed E-state index contributed by atoms with van der Waals surface area (Å²) in [5.41, 5.74) is 0.208. The number of amides is 2. The number of esters is 1. The average molecular weight is 467 g/mol. The second kappa shape index (κ2) is 8.13. The first-order valence-electron chi connectivity index (χ1n) is 10.3. The Morgan fingerprint density at radius 1 is 1.17 bits per heavy atom. The average Bonchev–Trinajstić information content (AvgIpc) is 3.10. The van der Waals surface area contributed by atoms with E-state index >= 15 is 0 Å². The maximum absolute atomic E-state index is 12.3. The summed E-state index contributed by atoms with van der Waals surface area (Å²) in [6.07, 6.45) is 7.69. The topological polar surface area (TPSA) is 97.6 Å². The van der Waals surface area contributed by atoms with E-state index in [-0.39, 0.29) is 36.3 Å². The highest BCUT2D eigenvalue weighted by Crippen LogP contribution is 2.61. The molecule has 1 heterocycles. The van der Waals surface area contributed by atoms with Crippen LogP contribution in [0.3, 0.4) is 0 Å². The summed E-state index contributed by atoms with van der Waals surface area (Å²) in [5, 5.41) is 5.47. The van der Waals surface area contributed by atoms with Crippen molar-refractivity contribution in [1.29, 1.82) is 0 Å². The van der Waals surface area contributed by atoms with Gasteiger partial charge in [0.05, 0.1) is 0 Å². The third-order valence-electron chi connectivity index (χ3n) is 6.94. The molecule has 4 fully saturated rings. The van der Waals surface area contributed by atoms with Crippen LogP contribution in [0.4, 0.5) is 0 Å². The predicted octanol–water partition coefficient (Wildman–Crippen LogP) is 3.04. The number of ether oxygens (including phenoxy) is 1. The van der Waals surface area contributed by atoms with Crippen molar-refractivity contribution in [1.82, 2.24) is 10.6 Å². The van der Waals surface area contributed by atoms with E-state index in [0.717, 1.165) is 17.8 Å². The number of furan rings is 1. The monoisotopic (exact) mass is 466 g/mol. The first-order valence-corrected chi connectivity index (χ1v) is 11.1. The number of hydrogen-bond donors (Lipinski definition) is 2. The zero-order valence-corrected chi connectivity index (χ0v) is 18.1. The van der Waals surface area contributed by atoms with Gasteiger partial charge in [-0.1, -0.05) is 0 Å². The van der Waals surface area contributed by atoms with Gasteiger partial charge in [-0.25, -0.2) is 0 Å². The number of carbonyl (C=O) groups is 3. The van der Waals surface area contributed by atoms with Crippen molar-refractivity contribution in [2.75, 3.05) is 13.2 Å². The van der Waals surface area contributed by atoms with Crippen molar-refractivity contribution in [3.63, 3.8) is 0 Å². The molecule has 0 aliphatic heterocycles. The number of nitrogens with one attached hydrogen (secondary N) is 2. The van der Waals surface area contributed by atoms with Crippen LogP contribution in [-0.4, -0.2) is 37.0 Å². The van der Waals surface area contributed by atoms with Crippen LogP contribution < -0.4 is 10.6 Å². The lowest BCUT2D eigenvalue weighted by molar-refractivity contribution is -0.148. The fourth-order valence-electron chi connectivity index (χ4n) is 6.02. The molecule has 1 atom stereocenters. The van der Waals surface area contributed by atoms with E-state index < -0.39 is 11.9 Å². The molecule has 158 valence electrons. The SMILES string of the molecule is C[C@H](NC(=O)COC(=O)CNC(=O)c1ccc(Br)o1)C12CC3CC(CC(C3)C1)C2. The first kappa shape index (κ1) is 20.4. The molecule has 4 aliphatic rings. The van der Waals surface area contributed by atoms with Crippen molar-refractivity contribution in [2.45, 2.75) is 51.5 Å². The molecule has 5 rings (SSSR count). The van der Waals surface area contributed by atoms with Crippen molar-refractivity contribution < 1.29 is 23.5 Å². The van der Waals surface area contributed by atoms with Gasteiger partial charge >= 0.3 is 5.97 Å². The minimum atomic E-state index is -0.665. The van der Waals surface area contributed by atoms with E-state index in [1.54, 1.807) is 6.07 Å². The summed E-state index contributed by atoms with van der Waals surface area (Å²) >= 11 is 3.11. The molecule has 8 heteroatoms. The van der Waals surface area contributed by atoms with Crippen LogP contribution in [0.5, 0.6) is 0 Å². The lowest BCUT2D eigenvalue weighted by atomic mass is 9.48. The molecule has 1 aromatic rings. The van der Waals surface area contributed by atoms with E-state index in [2.05, 4.69) is 33.5 Å². The minimum Gasteiger partial charge on any atom is -0.454 e. The Morgan fingerprint density at radius 3 is 2.34 bits per heavy atom. The van der Waals surface area contributed by atoms with E-state index in [0.29, 0.717) is 4.67 Å². The number of rotatable bonds is 7. The van der Waals surface area contributed by atoms with Gasteiger partial charge in [0.2, 0.25) is 0 Å². The van der Waals surface area contributed by atoms with Gasteiger partial charge < -0.3 is 19.8 Å². The molecule has 0 aromatic carbocycles. The maximum atomic E-state index is 12.3. The molecule has 0 unspecified atom stereocenters. The smallest absolute Gasteiger partial charge is 0.325 e.